The SMILES string of the molecule is CC.CC(C)(c1ccc2ncccc2c1)c1nnc2ccc(Cl)nn12. The van der Waals surface area contributed by atoms with Gasteiger partial charge in [0.2, 0.25) is 0 Å². The maximum absolute atomic E-state index is 6.03. The second kappa shape index (κ2) is 6.76. The lowest BCUT2D eigenvalue weighted by Gasteiger charge is -2.23. The van der Waals surface area contributed by atoms with Crippen LogP contribution >= 0.6 is 11.6 Å². The molecule has 0 N–H and O–H groups in total. The molecule has 0 bridgehead atoms. The van der Waals surface area contributed by atoms with Gasteiger partial charge < -0.3 is 0 Å². The van der Waals surface area contributed by atoms with E-state index in [-0.39, 0.29) is 5.41 Å². The molecule has 5 nitrogen and oxygen atoms in total. The first-order valence-electron chi connectivity index (χ1n) is 8.29. The van der Waals surface area contributed by atoms with E-state index < -0.39 is 0 Å². The number of nitrogens with zero attached hydrogens (tertiary/aromatic N) is 5. The Balaban J connectivity index is 0.000000880. The summed E-state index contributed by atoms with van der Waals surface area (Å²) in [5.74, 6) is 0.748. The minimum Gasteiger partial charge on any atom is -0.256 e. The molecule has 0 unspecified atom stereocenters. The van der Waals surface area contributed by atoms with Crippen molar-refractivity contribution in [1.82, 2.24) is 24.8 Å². The summed E-state index contributed by atoms with van der Waals surface area (Å²) in [6.45, 7) is 8.20. The van der Waals surface area contributed by atoms with Gasteiger partial charge in [-0.2, -0.15) is 9.61 Å². The number of benzene rings is 1. The van der Waals surface area contributed by atoms with Gasteiger partial charge in [0.1, 0.15) is 5.15 Å². The highest BCUT2D eigenvalue weighted by Gasteiger charge is 2.29. The Labute approximate surface area is 151 Å². The van der Waals surface area contributed by atoms with Crippen LogP contribution in [0.25, 0.3) is 16.6 Å². The van der Waals surface area contributed by atoms with E-state index in [0.29, 0.717) is 10.8 Å². The van der Waals surface area contributed by atoms with Crippen LogP contribution < -0.4 is 0 Å². The van der Waals surface area contributed by atoms with E-state index in [1.165, 1.54) is 0 Å². The molecule has 1 aromatic carbocycles. The number of hydrogen-bond acceptors (Lipinski definition) is 4. The fourth-order valence-corrected chi connectivity index (χ4v) is 2.89. The predicted molar refractivity (Wildman–Crippen MR) is 101 cm³/mol. The molecule has 0 saturated heterocycles. The molecule has 6 heteroatoms. The van der Waals surface area contributed by atoms with Gasteiger partial charge in [-0.15, -0.1) is 10.2 Å². The lowest BCUT2D eigenvalue weighted by Crippen LogP contribution is -2.23. The van der Waals surface area contributed by atoms with Crippen LogP contribution in [-0.2, 0) is 5.41 Å². The summed E-state index contributed by atoms with van der Waals surface area (Å²) in [5, 5.41) is 14.4. The third-order valence-corrected chi connectivity index (χ3v) is 4.32. The number of pyridine rings is 1. The highest BCUT2D eigenvalue weighted by atomic mass is 35.5. The van der Waals surface area contributed by atoms with Crippen LogP contribution in [0.3, 0.4) is 0 Å². The Morgan fingerprint density at radius 3 is 2.60 bits per heavy atom. The van der Waals surface area contributed by atoms with E-state index >= 15 is 0 Å². The van der Waals surface area contributed by atoms with E-state index in [2.05, 4.69) is 52.3 Å². The van der Waals surface area contributed by atoms with E-state index in [1.54, 1.807) is 16.8 Å². The van der Waals surface area contributed by atoms with Crippen molar-refractivity contribution in [3.05, 3.63) is 65.2 Å². The van der Waals surface area contributed by atoms with Crippen molar-refractivity contribution in [2.24, 2.45) is 0 Å². The second-order valence-corrected chi connectivity index (χ2v) is 6.37. The van der Waals surface area contributed by atoms with Crippen LogP contribution in [0.4, 0.5) is 0 Å². The van der Waals surface area contributed by atoms with Crippen molar-refractivity contribution in [2.45, 2.75) is 33.1 Å². The molecule has 3 aromatic heterocycles. The van der Waals surface area contributed by atoms with Crippen LogP contribution in [0.1, 0.15) is 39.1 Å². The highest BCUT2D eigenvalue weighted by Crippen LogP contribution is 2.31. The standard InChI is InChI=1S/C17H14ClN5.C2H6/c1-17(2,12-5-6-13-11(10-12)4-3-9-19-13)16-21-20-15-8-7-14(18)22-23(15)16;1-2/h3-10H,1-2H3;1-2H3. The largest absolute Gasteiger partial charge is 0.256 e. The Kier molecular flexibility index (Phi) is 4.68. The maximum atomic E-state index is 6.03. The molecule has 0 spiro atoms. The molecule has 4 rings (SSSR count). The minimum absolute atomic E-state index is 0.374. The Morgan fingerprint density at radius 1 is 1.00 bits per heavy atom. The molecule has 0 aliphatic heterocycles. The number of fused-ring (bicyclic) bond motifs is 2. The van der Waals surface area contributed by atoms with Crippen LogP contribution in [0.2, 0.25) is 5.15 Å². The Bertz CT molecular complexity index is 1020. The van der Waals surface area contributed by atoms with Gasteiger partial charge in [0, 0.05) is 11.6 Å². The van der Waals surface area contributed by atoms with Crippen molar-refractivity contribution in [3.8, 4) is 0 Å². The Hall–Kier alpha value is -2.53. The molecule has 0 aliphatic carbocycles. The summed E-state index contributed by atoms with van der Waals surface area (Å²) in [7, 11) is 0. The zero-order valence-corrected chi connectivity index (χ0v) is 15.5. The summed E-state index contributed by atoms with van der Waals surface area (Å²) >= 11 is 6.03. The van der Waals surface area contributed by atoms with Gasteiger partial charge in [-0.3, -0.25) is 4.98 Å². The molecule has 0 amide bonds. The third kappa shape index (κ3) is 3.07. The molecule has 3 heterocycles. The fourth-order valence-electron chi connectivity index (χ4n) is 2.75. The van der Waals surface area contributed by atoms with Gasteiger partial charge in [0.15, 0.2) is 11.5 Å². The lowest BCUT2D eigenvalue weighted by atomic mass is 9.83. The van der Waals surface area contributed by atoms with Crippen LogP contribution in [-0.4, -0.2) is 24.8 Å². The first-order valence-corrected chi connectivity index (χ1v) is 8.67. The summed E-state index contributed by atoms with van der Waals surface area (Å²) in [5.41, 5.74) is 2.40. The van der Waals surface area contributed by atoms with Crippen molar-refractivity contribution in [1.29, 1.82) is 0 Å². The topological polar surface area (TPSA) is 56.0 Å². The molecular weight excluding hydrogens is 334 g/mol. The van der Waals surface area contributed by atoms with E-state index in [9.17, 15) is 0 Å². The van der Waals surface area contributed by atoms with Gasteiger partial charge in [0.25, 0.3) is 0 Å². The molecular formula is C19H20ClN5. The second-order valence-electron chi connectivity index (χ2n) is 5.99. The van der Waals surface area contributed by atoms with Gasteiger partial charge in [-0.05, 0) is 49.7 Å². The van der Waals surface area contributed by atoms with Crippen LogP contribution in [0, 0.1) is 0 Å². The lowest BCUT2D eigenvalue weighted by molar-refractivity contribution is 0.568. The van der Waals surface area contributed by atoms with Crippen molar-refractivity contribution in [2.75, 3.05) is 0 Å². The summed E-state index contributed by atoms with van der Waals surface area (Å²) < 4.78 is 1.70. The predicted octanol–water partition coefficient (Wildman–Crippen LogP) is 4.68. The van der Waals surface area contributed by atoms with Gasteiger partial charge in [-0.1, -0.05) is 37.6 Å². The normalized spacial score (nSPS) is 11.4. The molecule has 0 atom stereocenters. The van der Waals surface area contributed by atoms with Gasteiger partial charge >= 0.3 is 0 Å². The zero-order valence-electron chi connectivity index (χ0n) is 14.7. The summed E-state index contributed by atoms with van der Waals surface area (Å²) in [6.07, 6.45) is 1.80. The molecule has 128 valence electrons. The highest BCUT2D eigenvalue weighted by molar-refractivity contribution is 6.29. The zero-order chi connectivity index (χ0) is 18.0. The van der Waals surface area contributed by atoms with Crippen molar-refractivity contribution < 1.29 is 0 Å². The van der Waals surface area contributed by atoms with E-state index in [0.717, 1.165) is 22.3 Å². The average Bonchev–Trinajstić information content (AvgIpc) is 3.06. The van der Waals surface area contributed by atoms with Crippen LogP contribution in [0.5, 0.6) is 0 Å². The van der Waals surface area contributed by atoms with Gasteiger partial charge in [0.05, 0.1) is 10.9 Å². The quantitative estimate of drug-likeness (QED) is 0.525. The van der Waals surface area contributed by atoms with Crippen molar-refractivity contribution in [3.63, 3.8) is 0 Å². The molecule has 4 aromatic rings. The van der Waals surface area contributed by atoms with Gasteiger partial charge in [-0.25, -0.2) is 0 Å². The summed E-state index contributed by atoms with van der Waals surface area (Å²) in [6, 6.07) is 13.7. The molecule has 0 radical (unpaired) electrons. The minimum atomic E-state index is -0.374. The maximum Gasteiger partial charge on any atom is 0.178 e. The van der Waals surface area contributed by atoms with E-state index in [1.807, 2.05) is 32.0 Å². The number of rotatable bonds is 2. The van der Waals surface area contributed by atoms with E-state index in [4.69, 9.17) is 11.6 Å². The average molecular weight is 354 g/mol. The monoisotopic (exact) mass is 353 g/mol. The smallest absolute Gasteiger partial charge is 0.178 e. The molecule has 0 saturated carbocycles. The molecule has 0 fully saturated rings. The number of halogens is 1. The Morgan fingerprint density at radius 2 is 1.80 bits per heavy atom. The fraction of sp³-hybridized carbons (Fsp3) is 0.263. The third-order valence-electron chi connectivity index (χ3n) is 4.11. The molecule has 25 heavy (non-hydrogen) atoms. The molecule has 0 aliphatic rings. The first-order chi connectivity index (χ1) is 12.1. The first kappa shape index (κ1) is 17.3. The van der Waals surface area contributed by atoms with Crippen molar-refractivity contribution >= 4 is 28.2 Å². The number of aromatic nitrogens is 5. The summed E-state index contributed by atoms with van der Waals surface area (Å²) in [4.78, 5) is 4.37. The number of hydrogen-bond donors (Lipinski definition) is 0. The van der Waals surface area contributed by atoms with Crippen LogP contribution in [0.15, 0.2) is 48.7 Å².